The molecule has 0 aliphatic carbocycles. The maximum Gasteiger partial charge on any atom is 0.416 e. The van der Waals surface area contributed by atoms with Crippen LogP contribution in [-0.4, -0.2) is 20.9 Å². The zero-order chi connectivity index (χ0) is 19.0. The fraction of sp³-hybridized carbons (Fsp3) is 0.333. The molecule has 0 saturated carbocycles. The van der Waals surface area contributed by atoms with E-state index in [1.807, 2.05) is 0 Å². The molecule has 1 atom stereocenters. The minimum absolute atomic E-state index is 0.0353. The van der Waals surface area contributed by atoms with Crippen LogP contribution in [0.15, 0.2) is 30.5 Å². The molecule has 4 nitrogen and oxygen atoms in total. The second-order valence-corrected chi connectivity index (χ2v) is 5.42. The van der Waals surface area contributed by atoms with Crippen LogP contribution < -0.4 is 0 Å². The van der Waals surface area contributed by atoms with E-state index in [4.69, 9.17) is 5.11 Å². The van der Waals surface area contributed by atoms with E-state index in [2.05, 4.69) is 5.10 Å². The molecule has 10 heteroatoms. The molecule has 25 heavy (non-hydrogen) atoms. The first-order valence-corrected chi connectivity index (χ1v) is 6.94. The molecule has 2 rings (SSSR count). The first-order valence-electron chi connectivity index (χ1n) is 6.94. The van der Waals surface area contributed by atoms with Gasteiger partial charge in [-0.2, -0.15) is 31.4 Å². The van der Waals surface area contributed by atoms with Gasteiger partial charge in [-0.25, -0.2) is 0 Å². The molecule has 0 amide bonds. The van der Waals surface area contributed by atoms with Crippen LogP contribution in [-0.2, 0) is 17.1 Å². The molecular weight excluding hydrogens is 354 g/mol. The summed E-state index contributed by atoms with van der Waals surface area (Å²) < 4.78 is 78.4. The average molecular weight is 366 g/mol. The smallest absolute Gasteiger partial charge is 0.416 e. The van der Waals surface area contributed by atoms with Crippen LogP contribution in [0.4, 0.5) is 26.3 Å². The number of aliphatic carboxylic acids is 1. The maximum atomic E-state index is 12.9. The van der Waals surface area contributed by atoms with Crippen molar-refractivity contribution in [1.82, 2.24) is 9.78 Å². The van der Waals surface area contributed by atoms with Crippen molar-refractivity contribution in [3.05, 3.63) is 41.6 Å². The minimum atomic E-state index is -4.95. The number of hydrogen-bond donors (Lipinski definition) is 1. The first kappa shape index (κ1) is 18.8. The zero-order valence-corrected chi connectivity index (χ0v) is 12.7. The predicted molar refractivity (Wildman–Crippen MR) is 74.6 cm³/mol. The van der Waals surface area contributed by atoms with E-state index in [1.54, 1.807) is 0 Å². The van der Waals surface area contributed by atoms with Gasteiger partial charge in [-0.3, -0.25) is 9.48 Å². The van der Waals surface area contributed by atoms with E-state index in [0.717, 1.165) is 0 Å². The molecule has 136 valence electrons. The monoisotopic (exact) mass is 366 g/mol. The SMILES string of the molecule is C[C@H](CC(=O)O)n1ccc(-c2cc(C(F)(F)F)cc(C(F)(F)F)c2)n1. The van der Waals surface area contributed by atoms with E-state index in [-0.39, 0.29) is 23.7 Å². The van der Waals surface area contributed by atoms with Crippen LogP contribution >= 0.6 is 0 Å². The van der Waals surface area contributed by atoms with E-state index in [1.165, 1.54) is 23.9 Å². The highest BCUT2D eigenvalue weighted by Crippen LogP contribution is 2.38. The first-order chi connectivity index (χ1) is 11.4. The van der Waals surface area contributed by atoms with Crippen LogP contribution in [0.2, 0.25) is 0 Å². The third kappa shape index (κ3) is 4.52. The highest BCUT2D eigenvalue weighted by atomic mass is 19.4. The standard InChI is InChI=1S/C15H12F6N2O2/c1-8(4-13(24)25)23-3-2-12(22-23)9-5-10(14(16,17)18)7-11(6-9)15(19,20)21/h2-3,5-8H,4H2,1H3,(H,24,25)/t8-/m1/s1. The largest absolute Gasteiger partial charge is 0.481 e. The van der Waals surface area contributed by atoms with Gasteiger partial charge in [-0.1, -0.05) is 0 Å². The summed E-state index contributed by atoms with van der Waals surface area (Å²) in [5.74, 6) is -1.11. The lowest BCUT2D eigenvalue weighted by Crippen LogP contribution is -2.12. The number of carboxylic acids is 1. The van der Waals surface area contributed by atoms with Crippen molar-refractivity contribution in [3.63, 3.8) is 0 Å². The Hall–Kier alpha value is -2.52. The molecule has 0 radical (unpaired) electrons. The molecule has 0 aliphatic heterocycles. The van der Waals surface area contributed by atoms with Crippen LogP contribution in [0.3, 0.4) is 0 Å². The molecule has 0 fully saturated rings. The van der Waals surface area contributed by atoms with E-state index >= 15 is 0 Å². The van der Waals surface area contributed by atoms with Gasteiger partial charge in [0.2, 0.25) is 0 Å². The Bertz CT molecular complexity index is 747. The molecule has 0 bridgehead atoms. The number of benzene rings is 1. The Balaban J connectivity index is 2.48. The quantitative estimate of drug-likeness (QED) is 0.803. The maximum absolute atomic E-state index is 12.9. The summed E-state index contributed by atoms with van der Waals surface area (Å²) in [4.78, 5) is 10.7. The summed E-state index contributed by atoms with van der Waals surface area (Å²) in [5, 5.41) is 12.6. The normalized spacial score (nSPS) is 13.7. The van der Waals surface area contributed by atoms with Gasteiger partial charge in [-0.15, -0.1) is 0 Å². The lowest BCUT2D eigenvalue weighted by Gasteiger charge is -2.13. The van der Waals surface area contributed by atoms with Crippen molar-refractivity contribution >= 4 is 5.97 Å². The Morgan fingerprint density at radius 1 is 1.12 bits per heavy atom. The van der Waals surface area contributed by atoms with E-state index in [0.29, 0.717) is 12.1 Å². The molecule has 0 unspecified atom stereocenters. The van der Waals surface area contributed by atoms with Crippen LogP contribution in [0.5, 0.6) is 0 Å². The third-order valence-corrected chi connectivity index (χ3v) is 3.41. The lowest BCUT2D eigenvalue weighted by molar-refractivity contribution is -0.143. The third-order valence-electron chi connectivity index (χ3n) is 3.41. The van der Waals surface area contributed by atoms with Crippen molar-refractivity contribution in [3.8, 4) is 11.3 Å². The van der Waals surface area contributed by atoms with Gasteiger partial charge < -0.3 is 5.11 Å². The highest BCUT2D eigenvalue weighted by molar-refractivity contribution is 5.67. The Morgan fingerprint density at radius 3 is 2.08 bits per heavy atom. The predicted octanol–water partition coefficient (Wildman–Crippen LogP) is 4.62. The molecule has 0 saturated heterocycles. The second-order valence-electron chi connectivity index (χ2n) is 5.42. The molecule has 1 aromatic carbocycles. The van der Waals surface area contributed by atoms with Gasteiger partial charge in [0.1, 0.15) is 0 Å². The summed E-state index contributed by atoms with van der Waals surface area (Å²) in [5.41, 5.74) is -3.35. The summed E-state index contributed by atoms with van der Waals surface area (Å²) in [7, 11) is 0. The summed E-state index contributed by atoms with van der Waals surface area (Å²) >= 11 is 0. The van der Waals surface area contributed by atoms with Crippen molar-refractivity contribution in [2.45, 2.75) is 31.7 Å². The van der Waals surface area contributed by atoms with Gasteiger partial charge in [0.25, 0.3) is 0 Å². The number of hydrogen-bond acceptors (Lipinski definition) is 2. The molecule has 0 aliphatic rings. The fourth-order valence-corrected chi connectivity index (χ4v) is 2.19. The lowest BCUT2D eigenvalue weighted by atomic mass is 10.0. The van der Waals surface area contributed by atoms with Gasteiger partial charge in [0.05, 0.1) is 29.3 Å². The average Bonchev–Trinajstić information content (AvgIpc) is 2.94. The van der Waals surface area contributed by atoms with E-state index in [9.17, 15) is 31.1 Å². The van der Waals surface area contributed by atoms with Crippen LogP contribution in [0, 0.1) is 0 Å². The summed E-state index contributed by atoms with van der Waals surface area (Å²) in [6.07, 6.45) is -8.89. The Kier molecular flexibility index (Phi) is 4.83. The van der Waals surface area contributed by atoms with Gasteiger partial charge in [-0.05, 0) is 31.2 Å². The molecule has 1 heterocycles. The minimum Gasteiger partial charge on any atom is -0.481 e. The molecule has 2 aromatic rings. The number of carboxylic acid groups (broad SMARTS) is 1. The number of aromatic nitrogens is 2. The Labute approximate surface area is 137 Å². The zero-order valence-electron chi connectivity index (χ0n) is 12.7. The Morgan fingerprint density at radius 2 is 1.64 bits per heavy atom. The fourth-order valence-electron chi connectivity index (χ4n) is 2.19. The van der Waals surface area contributed by atoms with Crippen LogP contribution in [0.25, 0.3) is 11.3 Å². The van der Waals surface area contributed by atoms with Crippen molar-refractivity contribution in [2.75, 3.05) is 0 Å². The number of halogens is 6. The number of carbonyl (C=O) groups is 1. The van der Waals surface area contributed by atoms with Gasteiger partial charge in [0.15, 0.2) is 0 Å². The molecule has 1 aromatic heterocycles. The molecular formula is C15H12F6N2O2. The molecule has 1 N–H and O–H groups in total. The van der Waals surface area contributed by atoms with E-state index < -0.39 is 35.5 Å². The second kappa shape index (κ2) is 6.41. The van der Waals surface area contributed by atoms with Crippen molar-refractivity contribution in [2.24, 2.45) is 0 Å². The number of nitrogens with zero attached hydrogens (tertiary/aromatic N) is 2. The number of rotatable bonds is 4. The van der Waals surface area contributed by atoms with Gasteiger partial charge in [0, 0.05) is 11.8 Å². The molecule has 0 spiro atoms. The summed E-state index contributed by atoms with van der Waals surface area (Å²) in [6.45, 7) is 1.51. The van der Waals surface area contributed by atoms with Crippen molar-refractivity contribution < 1.29 is 36.2 Å². The van der Waals surface area contributed by atoms with Crippen LogP contribution in [0.1, 0.15) is 30.5 Å². The summed E-state index contributed by atoms with van der Waals surface area (Å²) in [6, 6.07) is 1.80. The van der Waals surface area contributed by atoms with Crippen molar-refractivity contribution in [1.29, 1.82) is 0 Å². The van der Waals surface area contributed by atoms with Gasteiger partial charge >= 0.3 is 18.3 Å². The highest BCUT2D eigenvalue weighted by Gasteiger charge is 2.37. The number of alkyl halides is 6. The topological polar surface area (TPSA) is 55.1 Å².